The molecule has 1 aromatic carbocycles. The van der Waals surface area contributed by atoms with Crippen LogP contribution in [0.2, 0.25) is 0 Å². The van der Waals surface area contributed by atoms with Crippen molar-refractivity contribution < 1.29 is 24.2 Å². The lowest BCUT2D eigenvalue weighted by Crippen LogP contribution is -2.48. The second kappa shape index (κ2) is 8.74. The van der Waals surface area contributed by atoms with Gasteiger partial charge in [0.1, 0.15) is 12.4 Å². The zero-order valence-corrected chi connectivity index (χ0v) is 20.8. The van der Waals surface area contributed by atoms with E-state index >= 15 is 0 Å². The van der Waals surface area contributed by atoms with Gasteiger partial charge in [0.2, 0.25) is 5.60 Å². The number of ether oxygens (including phenoxy) is 2. The van der Waals surface area contributed by atoms with Gasteiger partial charge in [-0.05, 0) is 42.7 Å². The Labute approximate surface area is 208 Å². The number of carbonyl (C=O) groups is 2. The first-order chi connectivity index (χ1) is 17.2. The predicted octanol–water partition coefficient (Wildman–Crippen LogP) is 2.90. The number of fused-ring (bicyclic) bond motifs is 5. The molecule has 2 aromatic heterocycles. The van der Waals surface area contributed by atoms with Crippen molar-refractivity contribution in [1.82, 2.24) is 14.9 Å². The van der Waals surface area contributed by atoms with Crippen LogP contribution < -0.4 is 10.9 Å². The molecular weight excluding hydrogens is 462 g/mol. The number of hydrogen-bond acceptors (Lipinski definition) is 8. The van der Waals surface area contributed by atoms with Crippen LogP contribution >= 0.6 is 0 Å². The van der Waals surface area contributed by atoms with E-state index in [0.717, 1.165) is 16.5 Å². The van der Waals surface area contributed by atoms with Crippen molar-refractivity contribution in [2.75, 3.05) is 6.54 Å². The summed E-state index contributed by atoms with van der Waals surface area (Å²) in [5, 5.41) is 13.9. The van der Waals surface area contributed by atoms with E-state index in [0.29, 0.717) is 41.0 Å². The number of aromatic hydroxyl groups is 1. The van der Waals surface area contributed by atoms with Crippen molar-refractivity contribution in [3.63, 3.8) is 0 Å². The molecular formula is C27H29N3O6. The lowest BCUT2D eigenvalue weighted by Gasteiger charge is -2.35. The van der Waals surface area contributed by atoms with Crippen molar-refractivity contribution in [1.29, 1.82) is 0 Å². The number of hydrogen-bond donors (Lipinski definition) is 2. The predicted molar refractivity (Wildman–Crippen MR) is 133 cm³/mol. The molecule has 0 bridgehead atoms. The normalized spacial score (nSPS) is 18.1. The van der Waals surface area contributed by atoms with Gasteiger partial charge in [-0.1, -0.05) is 27.7 Å². The summed E-state index contributed by atoms with van der Waals surface area (Å²) in [5.41, 5.74) is 2.49. The average Bonchev–Trinajstić information content (AvgIpc) is 3.22. The fraction of sp³-hybridized carbons (Fsp3) is 0.407. The largest absolute Gasteiger partial charge is 0.508 e. The topological polar surface area (TPSA) is 120 Å². The molecule has 2 aliphatic rings. The molecule has 0 aliphatic carbocycles. The maximum atomic E-state index is 13.7. The Morgan fingerprint density at radius 2 is 2.03 bits per heavy atom. The Morgan fingerprint density at radius 1 is 1.25 bits per heavy atom. The van der Waals surface area contributed by atoms with Gasteiger partial charge in [0.05, 0.1) is 35.6 Å². The van der Waals surface area contributed by atoms with Gasteiger partial charge in [0.25, 0.3) is 5.56 Å². The first kappa shape index (κ1) is 24.0. The van der Waals surface area contributed by atoms with Crippen molar-refractivity contribution in [2.45, 2.75) is 65.3 Å². The summed E-state index contributed by atoms with van der Waals surface area (Å²) in [6.45, 7) is 7.62. The number of pyridine rings is 2. The number of aromatic nitrogens is 2. The summed E-state index contributed by atoms with van der Waals surface area (Å²) in [7, 11) is 0. The van der Waals surface area contributed by atoms with Crippen molar-refractivity contribution >= 4 is 22.8 Å². The molecule has 0 saturated carbocycles. The summed E-state index contributed by atoms with van der Waals surface area (Å²) < 4.78 is 12.8. The zero-order valence-electron chi connectivity index (χ0n) is 20.8. The number of phenolic OH excluding ortho intramolecular Hbond substituents is 1. The van der Waals surface area contributed by atoms with E-state index in [1.54, 1.807) is 35.8 Å². The first-order valence-corrected chi connectivity index (χ1v) is 12.2. The minimum absolute atomic E-state index is 0.0562. The Bertz CT molecular complexity index is 1470. The molecule has 0 spiro atoms. The second-order valence-electron chi connectivity index (χ2n) is 9.55. The van der Waals surface area contributed by atoms with E-state index in [2.05, 4.69) is 5.32 Å². The van der Waals surface area contributed by atoms with Crippen molar-refractivity contribution in [3.05, 3.63) is 56.9 Å². The minimum Gasteiger partial charge on any atom is -0.508 e. The van der Waals surface area contributed by atoms with Gasteiger partial charge in [0.15, 0.2) is 0 Å². The van der Waals surface area contributed by atoms with Gasteiger partial charge in [0, 0.05) is 22.6 Å². The Balaban J connectivity index is 1.70. The zero-order chi connectivity index (χ0) is 25.8. The average molecular weight is 492 g/mol. The van der Waals surface area contributed by atoms with E-state index in [1.165, 1.54) is 0 Å². The molecule has 2 aliphatic heterocycles. The lowest BCUT2D eigenvalue weighted by molar-refractivity contribution is -0.189. The highest BCUT2D eigenvalue weighted by atomic mass is 16.6. The molecule has 0 radical (unpaired) electrons. The first-order valence-electron chi connectivity index (χ1n) is 12.2. The third kappa shape index (κ3) is 3.57. The molecule has 0 fully saturated rings. The number of phenols is 1. The quantitative estimate of drug-likeness (QED) is 0.395. The van der Waals surface area contributed by atoms with E-state index < -0.39 is 17.5 Å². The lowest BCUT2D eigenvalue weighted by atomic mass is 9.85. The fourth-order valence-corrected chi connectivity index (χ4v) is 5.23. The second-order valence-corrected chi connectivity index (χ2v) is 9.55. The molecule has 5 rings (SSSR count). The van der Waals surface area contributed by atoms with Crippen LogP contribution in [0.25, 0.3) is 22.3 Å². The van der Waals surface area contributed by atoms with Crippen molar-refractivity contribution in [3.8, 4) is 17.1 Å². The molecule has 4 heterocycles. The summed E-state index contributed by atoms with van der Waals surface area (Å²) in [4.78, 5) is 44.3. The Morgan fingerprint density at radius 3 is 2.72 bits per heavy atom. The monoisotopic (exact) mass is 491 g/mol. The third-order valence-electron chi connectivity index (χ3n) is 7.05. The van der Waals surface area contributed by atoms with E-state index in [-0.39, 0.29) is 36.9 Å². The van der Waals surface area contributed by atoms with Crippen LogP contribution in [0.15, 0.2) is 29.1 Å². The van der Waals surface area contributed by atoms with Crippen LogP contribution in [0.5, 0.6) is 5.75 Å². The van der Waals surface area contributed by atoms with Crippen LogP contribution in [0.4, 0.5) is 0 Å². The van der Waals surface area contributed by atoms with Gasteiger partial charge >= 0.3 is 11.9 Å². The molecule has 0 saturated heterocycles. The highest BCUT2D eigenvalue weighted by Gasteiger charge is 2.50. The van der Waals surface area contributed by atoms with Crippen LogP contribution in [0.3, 0.4) is 0 Å². The number of esters is 2. The molecule has 1 atom stereocenters. The molecule has 0 unspecified atom stereocenters. The van der Waals surface area contributed by atoms with E-state index in [9.17, 15) is 19.5 Å². The number of nitrogens with one attached hydrogen (secondary N) is 1. The number of rotatable bonds is 6. The van der Waals surface area contributed by atoms with Gasteiger partial charge in [-0.3, -0.25) is 9.59 Å². The van der Waals surface area contributed by atoms with Gasteiger partial charge < -0.3 is 24.5 Å². The van der Waals surface area contributed by atoms with Crippen molar-refractivity contribution in [2.24, 2.45) is 0 Å². The number of benzene rings is 1. The number of aryl methyl sites for hydroxylation is 1. The molecule has 0 amide bonds. The Hall–Kier alpha value is -3.72. The van der Waals surface area contributed by atoms with E-state index in [4.69, 9.17) is 14.5 Å². The van der Waals surface area contributed by atoms with Crippen LogP contribution in [-0.4, -0.2) is 39.2 Å². The fourth-order valence-electron chi connectivity index (χ4n) is 5.23. The third-order valence-corrected chi connectivity index (χ3v) is 7.05. The van der Waals surface area contributed by atoms with Crippen LogP contribution in [-0.2, 0) is 44.2 Å². The summed E-state index contributed by atoms with van der Waals surface area (Å²) in [6.07, 6.45) is 0.806. The summed E-state index contributed by atoms with van der Waals surface area (Å²) in [5.74, 6) is -1.14. The highest BCUT2D eigenvalue weighted by Crippen LogP contribution is 2.42. The van der Waals surface area contributed by atoms with Crippen LogP contribution in [0.1, 0.15) is 56.4 Å². The van der Waals surface area contributed by atoms with Gasteiger partial charge in [-0.25, -0.2) is 9.78 Å². The maximum absolute atomic E-state index is 13.7. The molecule has 188 valence electrons. The number of nitrogens with zero attached hydrogens (tertiary/aromatic N) is 2. The molecule has 9 heteroatoms. The molecule has 36 heavy (non-hydrogen) atoms. The van der Waals surface area contributed by atoms with E-state index in [1.807, 2.05) is 20.8 Å². The molecule has 9 nitrogen and oxygen atoms in total. The van der Waals surface area contributed by atoms with Gasteiger partial charge in [-0.2, -0.15) is 0 Å². The minimum atomic E-state index is -1.71. The number of carbonyl (C=O) groups excluding carboxylic acids is 2. The standard InChI is InChI=1S/C27H29N3O6/c1-5-16-17-9-15(31)7-8-21(17)29-24-18(16)12-30-22(24)10-20-19(25(30)33)13-35-26(34)27(20,6-2)36-23(32)11-28-14(3)4/h7-10,14,28,31H,5-6,11-13H2,1-4H3/t27-/m0/s1. The summed E-state index contributed by atoms with van der Waals surface area (Å²) in [6, 6.07) is 6.84. The van der Waals surface area contributed by atoms with Crippen LogP contribution in [0, 0.1) is 0 Å². The maximum Gasteiger partial charge on any atom is 0.355 e. The molecule has 3 aromatic rings. The Kier molecular flexibility index (Phi) is 5.83. The summed E-state index contributed by atoms with van der Waals surface area (Å²) >= 11 is 0. The molecule has 2 N–H and O–H groups in total. The van der Waals surface area contributed by atoms with Gasteiger partial charge in [-0.15, -0.1) is 0 Å². The smallest absolute Gasteiger partial charge is 0.355 e. The SMILES string of the molecule is CCc1c2c(nc3ccc(O)cc13)-c1cc3c(c(=O)n1C2)COC(=O)[C@@]3(CC)OC(=O)CNC(C)C. The highest BCUT2D eigenvalue weighted by molar-refractivity contribution is 5.90. The number of cyclic esters (lactones) is 1.